The Hall–Kier alpha value is -1.10. The first-order valence-corrected chi connectivity index (χ1v) is 5.85. The molecule has 0 radical (unpaired) electrons. The molecule has 2 fully saturated rings. The summed E-state index contributed by atoms with van der Waals surface area (Å²) in [4.78, 5) is 24.6. The number of carboxylic acids is 1. The summed E-state index contributed by atoms with van der Waals surface area (Å²) in [5.74, 6) is -1.08. The van der Waals surface area contributed by atoms with Gasteiger partial charge in [0.05, 0.1) is 5.92 Å². The van der Waals surface area contributed by atoms with Crippen LogP contribution in [0.2, 0.25) is 0 Å². The number of aliphatic carboxylic acids is 1. The van der Waals surface area contributed by atoms with Crippen LogP contribution in [0.3, 0.4) is 0 Å². The van der Waals surface area contributed by atoms with Crippen molar-refractivity contribution < 1.29 is 14.7 Å². The number of nitrogens with two attached hydrogens (primary N) is 1. The molecular weight excluding hydrogens is 208 g/mol. The normalized spacial score (nSPS) is 34.3. The maximum atomic E-state index is 12.0. The Morgan fingerprint density at radius 2 is 1.88 bits per heavy atom. The lowest BCUT2D eigenvalue weighted by atomic mass is 10.0. The molecule has 3 unspecified atom stereocenters. The standard InChI is InChI=1S/C11H18N2O3/c12-9-3-4-13(6-9)10(14)7-1-2-8(5-7)11(15)16/h7-9H,1-6,12H2,(H,15,16). The summed E-state index contributed by atoms with van der Waals surface area (Å²) in [5, 5.41) is 8.88. The van der Waals surface area contributed by atoms with Crippen LogP contribution in [0.25, 0.3) is 0 Å². The zero-order valence-corrected chi connectivity index (χ0v) is 9.26. The van der Waals surface area contributed by atoms with E-state index < -0.39 is 5.97 Å². The molecule has 1 saturated heterocycles. The van der Waals surface area contributed by atoms with Crippen LogP contribution in [0.4, 0.5) is 0 Å². The average Bonchev–Trinajstić information content (AvgIpc) is 2.84. The van der Waals surface area contributed by atoms with Crippen LogP contribution in [0.15, 0.2) is 0 Å². The molecule has 90 valence electrons. The molecule has 0 aromatic heterocycles. The van der Waals surface area contributed by atoms with E-state index in [1.165, 1.54) is 0 Å². The summed E-state index contributed by atoms with van der Waals surface area (Å²) in [7, 11) is 0. The van der Waals surface area contributed by atoms with Crippen LogP contribution >= 0.6 is 0 Å². The Bertz CT molecular complexity index is 306. The third-order valence-electron chi connectivity index (χ3n) is 3.67. The fourth-order valence-electron chi connectivity index (χ4n) is 2.68. The van der Waals surface area contributed by atoms with E-state index in [4.69, 9.17) is 10.8 Å². The molecule has 3 atom stereocenters. The van der Waals surface area contributed by atoms with E-state index in [0.717, 1.165) is 13.0 Å². The number of hydrogen-bond donors (Lipinski definition) is 2. The molecule has 0 aromatic rings. The second-order valence-electron chi connectivity index (χ2n) is 4.88. The predicted octanol–water partition coefficient (Wildman–Crippen LogP) is 0.0469. The molecule has 1 aliphatic carbocycles. The third-order valence-corrected chi connectivity index (χ3v) is 3.67. The molecule has 0 bridgehead atoms. The minimum absolute atomic E-state index is 0.0913. The Morgan fingerprint density at radius 1 is 1.19 bits per heavy atom. The molecule has 5 nitrogen and oxygen atoms in total. The number of hydrogen-bond acceptors (Lipinski definition) is 3. The van der Waals surface area contributed by atoms with Gasteiger partial charge in [0.15, 0.2) is 0 Å². The number of likely N-dealkylation sites (tertiary alicyclic amines) is 1. The lowest BCUT2D eigenvalue weighted by molar-refractivity contribution is -0.141. The van der Waals surface area contributed by atoms with Gasteiger partial charge in [-0.1, -0.05) is 0 Å². The van der Waals surface area contributed by atoms with Gasteiger partial charge in [0.25, 0.3) is 0 Å². The van der Waals surface area contributed by atoms with Gasteiger partial charge >= 0.3 is 5.97 Å². The van der Waals surface area contributed by atoms with Gasteiger partial charge in [-0.05, 0) is 25.7 Å². The van der Waals surface area contributed by atoms with Crippen molar-refractivity contribution in [2.75, 3.05) is 13.1 Å². The van der Waals surface area contributed by atoms with Crippen LogP contribution < -0.4 is 5.73 Å². The van der Waals surface area contributed by atoms with E-state index in [1.807, 2.05) is 0 Å². The van der Waals surface area contributed by atoms with Crippen LogP contribution in [0.5, 0.6) is 0 Å². The van der Waals surface area contributed by atoms with Crippen LogP contribution in [0.1, 0.15) is 25.7 Å². The highest BCUT2D eigenvalue weighted by atomic mass is 16.4. The number of nitrogens with zero attached hydrogens (tertiary/aromatic N) is 1. The number of carbonyl (C=O) groups excluding carboxylic acids is 1. The van der Waals surface area contributed by atoms with Crippen LogP contribution in [0, 0.1) is 11.8 Å². The van der Waals surface area contributed by atoms with Crippen LogP contribution in [-0.4, -0.2) is 41.0 Å². The van der Waals surface area contributed by atoms with Gasteiger partial charge in [0, 0.05) is 25.0 Å². The lowest BCUT2D eigenvalue weighted by Crippen LogP contribution is -2.35. The average molecular weight is 226 g/mol. The van der Waals surface area contributed by atoms with Gasteiger partial charge in [-0.25, -0.2) is 0 Å². The largest absolute Gasteiger partial charge is 0.481 e. The van der Waals surface area contributed by atoms with Gasteiger partial charge in [-0.3, -0.25) is 9.59 Å². The van der Waals surface area contributed by atoms with Crippen molar-refractivity contribution in [1.82, 2.24) is 4.90 Å². The molecule has 1 heterocycles. The SMILES string of the molecule is NC1CCN(C(=O)C2CCC(C(=O)O)C2)C1. The van der Waals surface area contributed by atoms with E-state index >= 15 is 0 Å². The number of carboxylic acid groups (broad SMARTS) is 1. The molecule has 1 aliphatic heterocycles. The minimum Gasteiger partial charge on any atom is -0.481 e. The zero-order valence-electron chi connectivity index (χ0n) is 9.26. The Kier molecular flexibility index (Phi) is 3.14. The van der Waals surface area contributed by atoms with Crippen molar-refractivity contribution in [3.8, 4) is 0 Å². The van der Waals surface area contributed by atoms with Gasteiger partial charge in [0.1, 0.15) is 0 Å². The van der Waals surface area contributed by atoms with Crippen molar-refractivity contribution in [1.29, 1.82) is 0 Å². The maximum Gasteiger partial charge on any atom is 0.306 e. The summed E-state index contributed by atoms with van der Waals surface area (Å²) >= 11 is 0. The van der Waals surface area contributed by atoms with Crippen molar-refractivity contribution in [3.05, 3.63) is 0 Å². The van der Waals surface area contributed by atoms with Crippen molar-refractivity contribution in [3.63, 3.8) is 0 Å². The second-order valence-corrected chi connectivity index (χ2v) is 4.88. The monoisotopic (exact) mass is 226 g/mol. The number of carbonyl (C=O) groups is 2. The molecule has 2 aliphatic rings. The van der Waals surface area contributed by atoms with Crippen LogP contribution in [-0.2, 0) is 9.59 Å². The van der Waals surface area contributed by atoms with Gasteiger partial charge in [-0.15, -0.1) is 0 Å². The van der Waals surface area contributed by atoms with Gasteiger partial charge < -0.3 is 15.7 Å². The maximum absolute atomic E-state index is 12.0. The highest BCUT2D eigenvalue weighted by Gasteiger charge is 2.37. The first-order valence-electron chi connectivity index (χ1n) is 5.85. The molecule has 16 heavy (non-hydrogen) atoms. The summed E-state index contributed by atoms with van der Waals surface area (Å²) in [6, 6.07) is 0.0978. The first-order chi connectivity index (χ1) is 7.58. The summed E-state index contributed by atoms with van der Waals surface area (Å²) < 4.78 is 0. The molecule has 3 N–H and O–H groups in total. The summed E-state index contributed by atoms with van der Waals surface area (Å²) in [5.41, 5.74) is 5.75. The van der Waals surface area contributed by atoms with Crippen molar-refractivity contribution in [2.24, 2.45) is 17.6 Å². The highest BCUT2D eigenvalue weighted by molar-refractivity contribution is 5.81. The molecule has 5 heteroatoms. The molecule has 1 saturated carbocycles. The Morgan fingerprint density at radius 3 is 2.38 bits per heavy atom. The highest BCUT2D eigenvalue weighted by Crippen LogP contribution is 2.32. The first kappa shape index (κ1) is 11.4. The van der Waals surface area contributed by atoms with Gasteiger partial charge in [-0.2, -0.15) is 0 Å². The minimum atomic E-state index is -0.770. The van der Waals surface area contributed by atoms with Crippen molar-refractivity contribution in [2.45, 2.75) is 31.7 Å². The number of rotatable bonds is 2. The summed E-state index contributed by atoms with van der Waals surface area (Å²) in [6.07, 6.45) is 2.70. The van der Waals surface area contributed by atoms with E-state index in [1.54, 1.807) is 4.90 Å². The quantitative estimate of drug-likeness (QED) is 0.696. The molecule has 2 rings (SSSR count). The predicted molar refractivity (Wildman–Crippen MR) is 57.6 cm³/mol. The molecule has 0 spiro atoms. The molecule has 0 aromatic carbocycles. The molecular formula is C11H18N2O3. The van der Waals surface area contributed by atoms with E-state index in [2.05, 4.69) is 0 Å². The Balaban J connectivity index is 1.89. The second kappa shape index (κ2) is 4.41. The van der Waals surface area contributed by atoms with Crippen molar-refractivity contribution >= 4 is 11.9 Å². The zero-order chi connectivity index (χ0) is 11.7. The lowest BCUT2D eigenvalue weighted by Gasteiger charge is -2.20. The van der Waals surface area contributed by atoms with Gasteiger partial charge in [0.2, 0.25) is 5.91 Å². The topological polar surface area (TPSA) is 83.6 Å². The third kappa shape index (κ3) is 2.19. The van der Waals surface area contributed by atoms with E-state index in [9.17, 15) is 9.59 Å². The summed E-state index contributed by atoms with van der Waals surface area (Å²) in [6.45, 7) is 1.36. The van der Waals surface area contributed by atoms with E-state index in [0.29, 0.717) is 25.8 Å². The smallest absolute Gasteiger partial charge is 0.306 e. The Labute approximate surface area is 94.6 Å². The number of amides is 1. The van der Waals surface area contributed by atoms with E-state index in [-0.39, 0.29) is 23.8 Å². The fraction of sp³-hybridized carbons (Fsp3) is 0.818. The molecule has 1 amide bonds. The fourth-order valence-corrected chi connectivity index (χ4v) is 2.68.